The number of hydrogen-bond donors (Lipinski definition) is 0. The molecule has 0 N–H and O–H groups in total. The molecule has 0 amide bonds. The van der Waals surface area contributed by atoms with Crippen LogP contribution in [0.4, 0.5) is 0 Å². The molecule has 0 radical (unpaired) electrons. The van der Waals surface area contributed by atoms with Crippen molar-refractivity contribution in [3.05, 3.63) is 65.1 Å². The van der Waals surface area contributed by atoms with Gasteiger partial charge < -0.3 is 4.74 Å². The summed E-state index contributed by atoms with van der Waals surface area (Å²) < 4.78 is 5.44. The second-order valence-corrected chi connectivity index (χ2v) is 7.60. The van der Waals surface area contributed by atoms with Crippen molar-refractivity contribution in [2.45, 2.75) is 39.2 Å². The minimum Gasteiger partial charge on any atom is -0.496 e. The lowest BCUT2D eigenvalue weighted by Gasteiger charge is -2.32. The molecule has 27 heavy (non-hydrogen) atoms. The second-order valence-electron chi connectivity index (χ2n) is 7.60. The molecule has 3 aromatic rings. The van der Waals surface area contributed by atoms with E-state index in [1.54, 1.807) is 7.11 Å². The van der Waals surface area contributed by atoms with Crippen molar-refractivity contribution in [2.24, 2.45) is 0 Å². The van der Waals surface area contributed by atoms with Gasteiger partial charge >= 0.3 is 0 Å². The fourth-order valence-electron chi connectivity index (χ4n) is 4.07. The minimum atomic E-state index is 0.534. The van der Waals surface area contributed by atoms with Crippen molar-refractivity contribution in [3.63, 3.8) is 0 Å². The Kier molecular flexibility index (Phi) is 5.08. The van der Waals surface area contributed by atoms with Crippen LogP contribution in [-0.4, -0.2) is 35.1 Å². The first-order valence-electron chi connectivity index (χ1n) is 9.71. The van der Waals surface area contributed by atoms with E-state index >= 15 is 0 Å². The molecular weight excluding hydrogens is 334 g/mol. The van der Waals surface area contributed by atoms with E-state index in [-0.39, 0.29) is 0 Å². The van der Waals surface area contributed by atoms with Gasteiger partial charge in [0.1, 0.15) is 5.75 Å². The molecule has 4 rings (SSSR count). The minimum absolute atomic E-state index is 0.534. The summed E-state index contributed by atoms with van der Waals surface area (Å²) in [6, 6.07) is 10.6. The van der Waals surface area contributed by atoms with Gasteiger partial charge in [0.05, 0.1) is 12.6 Å². The van der Waals surface area contributed by atoms with E-state index in [1.165, 1.54) is 22.4 Å². The van der Waals surface area contributed by atoms with E-state index < -0.39 is 0 Å². The number of likely N-dealkylation sites (tertiary alicyclic amines) is 1. The first-order valence-corrected chi connectivity index (χ1v) is 9.71. The molecule has 1 saturated heterocycles. The molecule has 1 aliphatic heterocycles. The van der Waals surface area contributed by atoms with E-state index in [0.717, 1.165) is 49.1 Å². The molecule has 1 aromatic carbocycles. The van der Waals surface area contributed by atoms with Crippen LogP contribution in [0.5, 0.6) is 5.75 Å². The number of hydrogen-bond acceptors (Lipinski definition) is 4. The average Bonchev–Trinajstić information content (AvgIpc) is 2.70. The molecule has 0 aliphatic carbocycles. The Morgan fingerprint density at radius 2 is 1.89 bits per heavy atom. The first kappa shape index (κ1) is 17.9. The number of rotatable bonds is 4. The highest BCUT2D eigenvalue weighted by Crippen LogP contribution is 2.30. The zero-order chi connectivity index (χ0) is 18.8. The molecular formula is C23H27N3O. The lowest BCUT2D eigenvalue weighted by Crippen LogP contribution is -2.33. The highest BCUT2D eigenvalue weighted by atomic mass is 16.5. The Bertz CT molecular complexity index is 946. The van der Waals surface area contributed by atoms with E-state index in [1.807, 2.05) is 18.5 Å². The number of aryl methyl sites for hydroxylation is 2. The van der Waals surface area contributed by atoms with Gasteiger partial charge in [0.15, 0.2) is 0 Å². The predicted molar refractivity (Wildman–Crippen MR) is 109 cm³/mol. The molecule has 4 nitrogen and oxygen atoms in total. The Labute approximate surface area is 161 Å². The van der Waals surface area contributed by atoms with Crippen molar-refractivity contribution < 1.29 is 4.74 Å². The van der Waals surface area contributed by atoms with Crippen LogP contribution in [0, 0.1) is 13.8 Å². The van der Waals surface area contributed by atoms with Crippen LogP contribution in [0.15, 0.2) is 42.7 Å². The maximum absolute atomic E-state index is 5.44. The van der Waals surface area contributed by atoms with Crippen LogP contribution in [-0.2, 0) is 6.54 Å². The summed E-state index contributed by atoms with van der Waals surface area (Å²) in [7, 11) is 1.74. The van der Waals surface area contributed by atoms with Gasteiger partial charge in [0, 0.05) is 35.9 Å². The van der Waals surface area contributed by atoms with Gasteiger partial charge in [-0.3, -0.25) is 14.9 Å². The van der Waals surface area contributed by atoms with E-state index in [9.17, 15) is 0 Å². The van der Waals surface area contributed by atoms with Gasteiger partial charge in [0.25, 0.3) is 0 Å². The van der Waals surface area contributed by atoms with Crippen molar-refractivity contribution in [3.8, 4) is 5.75 Å². The lowest BCUT2D eigenvalue weighted by atomic mass is 9.92. The average molecular weight is 361 g/mol. The summed E-state index contributed by atoms with van der Waals surface area (Å²) in [5, 5.41) is 1.11. The topological polar surface area (TPSA) is 38.2 Å². The predicted octanol–water partition coefficient (Wildman–Crippen LogP) is 4.63. The van der Waals surface area contributed by atoms with Crippen molar-refractivity contribution in [1.82, 2.24) is 14.9 Å². The van der Waals surface area contributed by atoms with Crippen LogP contribution in [0.3, 0.4) is 0 Å². The maximum Gasteiger partial charge on any atom is 0.122 e. The van der Waals surface area contributed by atoms with Gasteiger partial charge in [0.2, 0.25) is 0 Å². The van der Waals surface area contributed by atoms with Gasteiger partial charge in [-0.2, -0.15) is 0 Å². The van der Waals surface area contributed by atoms with Crippen LogP contribution < -0.4 is 4.74 Å². The highest BCUT2D eigenvalue weighted by molar-refractivity contribution is 5.77. The maximum atomic E-state index is 5.44. The standard InChI is InChI=1S/C23H27N3O/c1-16-12-23(27-3)17(2)11-20(16)15-26-9-6-18(7-10-26)21-13-22-19(14-25-21)5-4-8-24-22/h4-5,8,11-14,18H,6-7,9-10,15H2,1-3H3. The number of fused-ring (bicyclic) bond motifs is 1. The zero-order valence-corrected chi connectivity index (χ0v) is 16.4. The molecule has 0 saturated carbocycles. The molecule has 0 bridgehead atoms. The number of methoxy groups -OCH3 is 1. The van der Waals surface area contributed by atoms with Crippen LogP contribution >= 0.6 is 0 Å². The number of aromatic nitrogens is 2. The largest absolute Gasteiger partial charge is 0.496 e. The van der Waals surface area contributed by atoms with Crippen LogP contribution in [0.2, 0.25) is 0 Å². The number of nitrogens with zero attached hydrogens (tertiary/aromatic N) is 3. The molecule has 4 heteroatoms. The molecule has 3 heterocycles. The summed E-state index contributed by atoms with van der Waals surface area (Å²) in [6.07, 6.45) is 6.13. The van der Waals surface area contributed by atoms with E-state index in [0.29, 0.717) is 5.92 Å². The fourth-order valence-corrected chi connectivity index (χ4v) is 4.07. The smallest absolute Gasteiger partial charge is 0.122 e. The first-order chi connectivity index (χ1) is 13.1. The molecule has 1 fully saturated rings. The van der Waals surface area contributed by atoms with E-state index in [4.69, 9.17) is 9.72 Å². The summed E-state index contributed by atoms with van der Waals surface area (Å²) in [5.74, 6) is 1.51. The Hall–Kier alpha value is -2.46. The summed E-state index contributed by atoms with van der Waals surface area (Å²) in [6.45, 7) is 7.52. The molecule has 2 aromatic heterocycles. The van der Waals surface area contributed by atoms with Crippen LogP contribution in [0.1, 0.15) is 41.1 Å². The molecule has 0 unspecified atom stereocenters. The van der Waals surface area contributed by atoms with Gasteiger partial charge in [-0.25, -0.2) is 0 Å². The quantitative estimate of drug-likeness (QED) is 0.679. The molecule has 140 valence electrons. The SMILES string of the molecule is COc1cc(C)c(CN2CCC(c3cc4ncccc4cn3)CC2)cc1C. The molecule has 0 atom stereocenters. The Morgan fingerprint density at radius 1 is 1.07 bits per heavy atom. The molecule has 0 spiro atoms. The number of ether oxygens (including phenoxy) is 1. The highest BCUT2D eigenvalue weighted by Gasteiger charge is 2.22. The normalized spacial score (nSPS) is 16.0. The van der Waals surface area contributed by atoms with Crippen molar-refractivity contribution >= 4 is 10.9 Å². The van der Waals surface area contributed by atoms with Gasteiger partial charge in [-0.1, -0.05) is 6.07 Å². The number of piperidine rings is 1. The third-order valence-electron chi connectivity index (χ3n) is 5.76. The third kappa shape index (κ3) is 3.81. The van der Waals surface area contributed by atoms with Gasteiger partial charge in [-0.05, 0) is 80.7 Å². The number of pyridine rings is 2. The summed E-state index contributed by atoms with van der Waals surface area (Å²) in [5.41, 5.74) is 6.16. The Balaban J connectivity index is 1.42. The molecule has 1 aliphatic rings. The van der Waals surface area contributed by atoms with Gasteiger partial charge in [-0.15, -0.1) is 0 Å². The monoisotopic (exact) mass is 361 g/mol. The third-order valence-corrected chi connectivity index (χ3v) is 5.76. The lowest BCUT2D eigenvalue weighted by molar-refractivity contribution is 0.203. The number of benzene rings is 1. The van der Waals surface area contributed by atoms with Crippen LogP contribution in [0.25, 0.3) is 10.9 Å². The van der Waals surface area contributed by atoms with Crippen molar-refractivity contribution in [1.29, 1.82) is 0 Å². The summed E-state index contributed by atoms with van der Waals surface area (Å²) >= 11 is 0. The summed E-state index contributed by atoms with van der Waals surface area (Å²) in [4.78, 5) is 11.8. The Morgan fingerprint density at radius 3 is 2.67 bits per heavy atom. The zero-order valence-electron chi connectivity index (χ0n) is 16.4. The fraction of sp³-hybridized carbons (Fsp3) is 0.391. The van der Waals surface area contributed by atoms with Crippen molar-refractivity contribution in [2.75, 3.05) is 20.2 Å². The second kappa shape index (κ2) is 7.65. The van der Waals surface area contributed by atoms with E-state index in [2.05, 4.69) is 48.0 Å².